The van der Waals surface area contributed by atoms with Gasteiger partial charge >= 0.3 is 0 Å². The van der Waals surface area contributed by atoms with Crippen LogP contribution in [0.15, 0.2) is 60.7 Å². The average Bonchev–Trinajstić information content (AvgIpc) is 3.54. The largest absolute Gasteiger partial charge is 0.497 e. The molecule has 5 nitrogen and oxygen atoms in total. The summed E-state index contributed by atoms with van der Waals surface area (Å²) in [6, 6.07) is 21.9. The minimum absolute atomic E-state index is 0.494. The lowest BCUT2D eigenvalue weighted by Gasteiger charge is -2.09. The van der Waals surface area contributed by atoms with Crippen LogP contribution in [0, 0.1) is 0 Å². The standard InChI is InChI=1S/C26H28N4O/c1-29(2)17-18-4-7-20(8-5-18)26-27-25(30(28-26)23-11-12-23)15-19-6-9-22-16-24(31-3)13-10-21(22)14-19/h4-10,13-14,16,23H,11-12,15,17H2,1-3H3. The van der Waals surface area contributed by atoms with Gasteiger partial charge in [-0.15, -0.1) is 0 Å². The zero-order valence-corrected chi connectivity index (χ0v) is 18.4. The van der Waals surface area contributed by atoms with Gasteiger partial charge in [0.15, 0.2) is 5.82 Å². The molecule has 1 aliphatic carbocycles. The number of hydrogen-bond acceptors (Lipinski definition) is 4. The van der Waals surface area contributed by atoms with Crippen molar-refractivity contribution in [3.05, 3.63) is 77.6 Å². The van der Waals surface area contributed by atoms with Gasteiger partial charge in [0.05, 0.1) is 13.2 Å². The predicted octanol–water partition coefficient (Wildman–Crippen LogP) is 5.09. The fourth-order valence-electron chi connectivity index (χ4n) is 4.03. The first-order valence-corrected chi connectivity index (χ1v) is 10.9. The molecule has 0 radical (unpaired) electrons. The van der Waals surface area contributed by atoms with E-state index in [1.807, 2.05) is 6.07 Å². The second-order valence-electron chi connectivity index (χ2n) is 8.69. The van der Waals surface area contributed by atoms with E-state index in [2.05, 4.69) is 78.3 Å². The quantitative estimate of drug-likeness (QED) is 0.424. The molecule has 0 saturated heterocycles. The molecule has 0 aliphatic heterocycles. The lowest BCUT2D eigenvalue weighted by atomic mass is 10.0. The van der Waals surface area contributed by atoms with Gasteiger partial charge in [0.2, 0.25) is 0 Å². The summed E-state index contributed by atoms with van der Waals surface area (Å²) < 4.78 is 7.50. The Bertz CT molecular complexity index is 1210. The van der Waals surface area contributed by atoms with E-state index in [-0.39, 0.29) is 0 Å². The molecule has 5 heteroatoms. The smallest absolute Gasteiger partial charge is 0.181 e. The van der Waals surface area contributed by atoms with E-state index < -0.39 is 0 Å². The summed E-state index contributed by atoms with van der Waals surface area (Å²) in [5.74, 6) is 2.75. The molecule has 1 aromatic heterocycles. The maximum Gasteiger partial charge on any atom is 0.181 e. The highest BCUT2D eigenvalue weighted by molar-refractivity contribution is 5.84. The van der Waals surface area contributed by atoms with Crippen molar-refractivity contribution in [3.8, 4) is 17.1 Å². The summed E-state index contributed by atoms with van der Waals surface area (Å²) in [7, 11) is 5.87. The first-order chi connectivity index (χ1) is 15.1. The van der Waals surface area contributed by atoms with E-state index >= 15 is 0 Å². The third kappa shape index (κ3) is 4.32. The molecule has 0 bridgehead atoms. The molecule has 31 heavy (non-hydrogen) atoms. The Hall–Kier alpha value is -3.18. The van der Waals surface area contributed by atoms with Crippen LogP contribution in [0.2, 0.25) is 0 Å². The molecule has 1 saturated carbocycles. The summed E-state index contributed by atoms with van der Waals surface area (Å²) in [6.07, 6.45) is 3.16. The Morgan fingerprint density at radius 1 is 0.935 bits per heavy atom. The summed E-state index contributed by atoms with van der Waals surface area (Å²) in [4.78, 5) is 7.13. The Morgan fingerprint density at radius 3 is 2.35 bits per heavy atom. The number of hydrogen-bond donors (Lipinski definition) is 0. The molecule has 5 rings (SSSR count). The van der Waals surface area contributed by atoms with Crippen LogP contribution < -0.4 is 4.74 Å². The van der Waals surface area contributed by atoms with E-state index in [9.17, 15) is 0 Å². The van der Waals surface area contributed by atoms with Gasteiger partial charge in [-0.3, -0.25) is 0 Å². The van der Waals surface area contributed by atoms with Crippen molar-refractivity contribution in [2.45, 2.75) is 31.8 Å². The number of fused-ring (bicyclic) bond motifs is 1. The Morgan fingerprint density at radius 2 is 1.65 bits per heavy atom. The average molecular weight is 413 g/mol. The van der Waals surface area contributed by atoms with Crippen molar-refractivity contribution in [1.29, 1.82) is 0 Å². The molecule has 158 valence electrons. The fraction of sp³-hybridized carbons (Fsp3) is 0.308. The Kier molecular flexibility index (Phi) is 5.20. The van der Waals surface area contributed by atoms with Crippen molar-refractivity contribution in [1.82, 2.24) is 19.7 Å². The van der Waals surface area contributed by atoms with Crippen molar-refractivity contribution < 1.29 is 4.74 Å². The number of benzene rings is 3. The molecule has 1 aliphatic rings. The monoisotopic (exact) mass is 412 g/mol. The molecule has 0 spiro atoms. The first kappa shape index (κ1) is 19.8. The van der Waals surface area contributed by atoms with Gasteiger partial charge < -0.3 is 9.64 Å². The van der Waals surface area contributed by atoms with Gasteiger partial charge in [-0.2, -0.15) is 5.10 Å². The number of aromatic nitrogens is 3. The lowest BCUT2D eigenvalue weighted by Crippen LogP contribution is -2.10. The third-order valence-electron chi connectivity index (χ3n) is 5.78. The van der Waals surface area contributed by atoms with Crippen LogP contribution >= 0.6 is 0 Å². The second kappa shape index (κ2) is 8.16. The molecular formula is C26H28N4O. The highest BCUT2D eigenvalue weighted by Crippen LogP contribution is 2.36. The molecule has 0 atom stereocenters. The second-order valence-corrected chi connectivity index (χ2v) is 8.69. The minimum Gasteiger partial charge on any atom is -0.497 e. The van der Waals surface area contributed by atoms with Crippen molar-refractivity contribution in [3.63, 3.8) is 0 Å². The molecule has 1 heterocycles. The van der Waals surface area contributed by atoms with E-state index in [4.69, 9.17) is 14.8 Å². The molecular weight excluding hydrogens is 384 g/mol. The van der Waals surface area contributed by atoms with Crippen LogP contribution in [0.3, 0.4) is 0 Å². The summed E-state index contributed by atoms with van der Waals surface area (Å²) in [6.45, 7) is 0.934. The highest BCUT2D eigenvalue weighted by atomic mass is 16.5. The van der Waals surface area contributed by atoms with E-state index in [1.165, 1.54) is 34.7 Å². The topological polar surface area (TPSA) is 43.2 Å². The zero-order valence-electron chi connectivity index (χ0n) is 18.4. The van der Waals surface area contributed by atoms with Gasteiger partial charge in [-0.05, 0) is 61.0 Å². The number of rotatable bonds is 7. The van der Waals surface area contributed by atoms with Crippen molar-refractivity contribution in [2.24, 2.45) is 0 Å². The molecule has 0 N–H and O–H groups in total. The maximum atomic E-state index is 5.34. The van der Waals surface area contributed by atoms with Gasteiger partial charge in [0.25, 0.3) is 0 Å². The first-order valence-electron chi connectivity index (χ1n) is 10.9. The number of ether oxygens (including phenoxy) is 1. The van der Waals surface area contributed by atoms with Crippen LogP contribution in [0.25, 0.3) is 22.2 Å². The highest BCUT2D eigenvalue weighted by Gasteiger charge is 2.28. The minimum atomic E-state index is 0.494. The van der Waals surface area contributed by atoms with Crippen LogP contribution in [0.4, 0.5) is 0 Å². The van der Waals surface area contributed by atoms with Crippen molar-refractivity contribution >= 4 is 10.8 Å². The number of methoxy groups -OCH3 is 1. The number of nitrogens with zero attached hydrogens (tertiary/aromatic N) is 4. The lowest BCUT2D eigenvalue weighted by molar-refractivity contribution is 0.402. The fourth-order valence-corrected chi connectivity index (χ4v) is 4.03. The summed E-state index contributed by atoms with van der Waals surface area (Å²) in [5.41, 5.74) is 3.62. The summed E-state index contributed by atoms with van der Waals surface area (Å²) >= 11 is 0. The molecule has 4 aromatic rings. The maximum absolute atomic E-state index is 5.34. The normalized spacial score (nSPS) is 13.8. The molecule has 0 unspecified atom stereocenters. The van der Waals surface area contributed by atoms with Crippen molar-refractivity contribution in [2.75, 3.05) is 21.2 Å². The van der Waals surface area contributed by atoms with Crippen LogP contribution in [-0.4, -0.2) is 40.9 Å². The van der Waals surface area contributed by atoms with Crippen LogP contribution in [0.5, 0.6) is 5.75 Å². The predicted molar refractivity (Wildman–Crippen MR) is 124 cm³/mol. The van der Waals surface area contributed by atoms with Crippen LogP contribution in [-0.2, 0) is 13.0 Å². The van der Waals surface area contributed by atoms with E-state index in [1.54, 1.807) is 7.11 Å². The Balaban J connectivity index is 1.43. The van der Waals surface area contributed by atoms with Gasteiger partial charge in [-0.1, -0.05) is 48.5 Å². The van der Waals surface area contributed by atoms with Crippen LogP contribution in [0.1, 0.15) is 35.8 Å². The third-order valence-corrected chi connectivity index (χ3v) is 5.78. The van der Waals surface area contributed by atoms with Gasteiger partial charge in [0, 0.05) is 18.5 Å². The molecule has 3 aromatic carbocycles. The van der Waals surface area contributed by atoms with Gasteiger partial charge in [-0.25, -0.2) is 9.67 Å². The van der Waals surface area contributed by atoms with Gasteiger partial charge in [0.1, 0.15) is 11.6 Å². The van der Waals surface area contributed by atoms with E-state index in [0.29, 0.717) is 6.04 Å². The zero-order chi connectivity index (χ0) is 21.4. The van der Waals surface area contributed by atoms with E-state index in [0.717, 1.165) is 35.9 Å². The summed E-state index contributed by atoms with van der Waals surface area (Å²) in [5, 5.41) is 7.29. The SMILES string of the molecule is COc1ccc2cc(Cc3nc(-c4ccc(CN(C)C)cc4)nn3C3CC3)ccc2c1. The molecule has 1 fully saturated rings. The molecule has 0 amide bonds. The Labute approximate surface area is 183 Å².